The second kappa shape index (κ2) is 10.00. The minimum absolute atomic E-state index is 0.0446. The standard InChI is InChI=1S/C20H23BClN3O7S/c1-12(2)11-25(23-10-13-5-6-17(16(22)7-13)32-21(26)27)20-15-8-14(30-3)9-18(31-4)19(15)33(28,29)24-20/h5-10,12,26-27H,11H2,1-4H3/b23-10+. The largest absolute Gasteiger partial charge is 0.707 e. The van der Waals surface area contributed by atoms with Crippen molar-refractivity contribution in [3.05, 3.63) is 46.5 Å². The predicted octanol–water partition coefficient (Wildman–Crippen LogP) is 2.15. The first-order valence-electron chi connectivity index (χ1n) is 9.81. The molecule has 3 rings (SSSR count). The zero-order valence-corrected chi connectivity index (χ0v) is 20.0. The Balaban J connectivity index is 2.03. The van der Waals surface area contributed by atoms with Crippen LogP contribution in [0, 0.1) is 5.92 Å². The van der Waals surface area contributed by atoms with E-state index in [4.69, 9.17) is 35.8 Å². The highest BCUT2D eigenvalue weighted by Gasteiger charge is 2.36. The Morgan fingerprint density at radius 3 is 2.48 bits per heavy atom. The average Bonchev–Trinajstić information content (AvgIpc) is 3.02. The first-order chi connectivity index (χ1) is 15.6. The fraction of sp³-hybridized carbons (Fsp3) is 0.300. The van der Waals surface area contributed by atoms with Crippen LogP contribution >= 0.6 is 11.6 Å². The number of rotatable bonds is 8. The van der Waals surface area contributed by atoms with Crippen LogP contribution in [-0.4, -0.2) is 63.6 Å². The molecule has 2 aromatic carbocycles. The lowest BCUT2D eigenvalue weighted by molar-refractivity contribution is 0.288. The van der Waals surface area contributed by atoms with E-state index in [0.717, 1.165) is 0 Å². The van der Waals surface area contributed by atoms with Crippen molar-refractivity contribution in [1.29, 1.82) is 0 Å². The minimum atomic E-state index is -4.00. The summed E-state index contributed by atoms with van der Waals surface area (Å²) < 4.78 is 44.9. The van der Waals surface area contributed by atoms with Crippen molar-refractivity contribution in [2.45, 2.75) is 18.7 Å². The van der Waals surface area contributed by atoms with E-state index in [9.17, 15) is 8.42 Å². The summed E-state index contributed by atoms with van der Waals surface area (Å²) in [6, 6.07) is 7.64. The third-order valence-electron chi connectivity index (χ3n) is 4.51. The number of hydrogen-bond acceptors (Lipinski definition) is 9. The topological polar surface area (TPSA) is 130 Å². The predicted molar refractivity (Wildman–Crippen MR) is 125 cm³/mol. The normalized spacial score (nSPS) is 14.2. The van der Waals surface area contributed by atoms with E-state index in [1.807, 2.05) is 13.8 Å². The Bertz CT molecular complexity index is 1200. The molecule has 13 heteroatoms. The first-order valence-corrected chi connectivity index (χ1v) is 11.6. The molecular weight excluding hydrogens is 473 g/mol. The number of hydrogen-bond donors (Lipinski definition) is 2. The zero-order chi connectivity index (χ0) is 24.3. The lowest BCUT2D eigenvalue weighted by atomic mass is 10.1. The highest BCUT2D eigenvalue weighted by atomic mass is 35.5. The van der Waals surface area contributed by atoms with Crippen LogP contribution in [0.1, 0.15) is 25.0 Å². The van der Waals surface area contributed by atoms with Gasteiger partial charge in [-0.15, -0.1) is 4.40 Å². The summed E-state index contributed by atoms with van der Waals surface area (Å²) in [6.45, 7) is 4.29. The van der Waals surface area contributed by atoms with Gasteiger partial charge in [0.1, 0.15) is 22.1 Å². The van der Waals surface area contributed by atoms with Gasteiger partial charge < -0.3 is 24.2 Å². The summed E-state index contributed by atoms with van der Waals surface area (Å²) in [6.07, 6.45) is 1.48. The summed E-state index contributed by atoms with van der Waals surface area (Å²) in [5.41, 5.74) is 0.890. The maximum atomic E-state index is 12.8. The van der Waals surface area contributed by atoms with Gasteiger partial charge in [-0.25, -0.2) is 5.01 Å². The molecule has 1 aliphatic rings. The molecule has 0 saturated carbocycles. The van der Waals surface area contributed by atoms with E-state index in [1.54, 1.807) is 12.1 Å². The number of fused-ring (bicyclic) bond motifs is 1. The molecule has 1 aliphatic heterocycles. The van der Waals surface area contributed by atoms with Crippen LogP contribution in [-0.2, 0) is 10.0 Å². The van der Waals surface area contributed by atoms with Gasteiger partial charge in [0.25, 0.3) is 10.0 Å². The van der Waals surface area contributed by atoms with E-state index in [-0.39, 0.29) is 33.2 Å². The van der Waals surface area contributed by atoms with Crippen LogP contribution in [0.2, 0.25) is 5.02 Å². The Morgan fingerprint density at radius 1 is 1.18 bits per heavy atom. The quantitative estimate of drug-likeness (QED) is 0.324. The van der Waals surface area contributed by atoms with Crippen LogP contribution in [0.25, 0.3) is 0 Å². The number of halogens is 1. The second-order valence-electron chi connectivity index (χ2n) is 7.45. The smallest absolute Gasteiger partial charge is 0.511 e. The Kier molecular flexibility index (Phi) is 7.53. The van der Waals surface area contributed by atoms with E-state index in [1.165, 1.54) is 43.6 Å². The molecule has 0 spiro atoms. The molecule has 0 aromatic heterocycles. The molecule has 0 aliphatic carbocycles. The zero-order valence-electron chi connectivity index (χ0n) is 18.4. The van der Waals surface area contributed by atoms with Gasteiger partial charge >= 0.3 is 7.32 Å². The Hall–Kier alpha value is -2.80. The van der Waals surface area contributed by atoms with Gasteiger partial charge in [-0.2, -0.15) is 13.5 Å². The van der Waals surface area contributed by atoms with Crippen molar-refractivity contribution in [3.63, 3.8) is 0 Å². The van der Waals surface area contributed by atoms with Crippen LogP contribution < -0.4 is 14.1 Å². The van der Waals surface area contributed by atoms with Crippen molar-refractivity contribution < 1.29 is 32.6 Å². The van der Waals surface area contributed by atoms with E-state index in [0.29, 0.717) is 23.4 Å². The Labute approximate surface area is 197 Å². The summed E-state index contributed by atoms with van der Waals surface area (Å²) in [5, 5.41) is 24.0. The first kappa shape index (κ1) is 24.8. The number of hydrazone groups is 1. The third-order valence-corrected chi connectivity index (χ3v) is 6.15. The van der Waals surface area contributed by atoms with Gasteiger partial charge in [0.15, 0.2) is 5.84 Å². The van der Waals surface area contributed by atoms with Gasteiger partial charge in [0.05, 0.1) is 25.5 Å². The molecule has 10 nitrogen and oxygen atoms in total. The van der Waals surface area contributed by atoms with Gasteiger partial charge in [-0.1, -0.05) is 25.4 Å². The lowest BCUT2D eigenvalue weighted by Crippen LogP contribution is -2.29. The Morgan fingerprint density at radius 2 is 1.91 bits per heavy atom. The SMILES string of the molecule is COc1cc(OC)c2c(c1)C(N(CC(C)C)/N=C/c1ccc(OB(O)O)c(Cl)c1)=NS2(=O)=O. The minimum Gasteiger partial charge on any atom is -0.511 e. The average molecular weight is 496 g/mol. The summed E-state index contributed by atoms with van der Waals surface area (Å²) >= 11 is 6.12. The van der Waals surface area contributed by atoms with Crippen molar-refractivity contribution in [2.75, 3.05) is 20.8 Å². The summed E-state index contributed by atoms with van der Waals surface area (Å²) in [7, 11) is -3.16. The van der Waals surface area contributed by atoms with Crippen LogP contribution in [0.15, 0.2) is 44.7 Å². The van der Waals surface area contributed by atoms with E-state index in [2.05, 4.69) is 9.50 Å². The molecule has 1 heterocycles. The maximum Gasteiger partial charge on any atom is 0.707 e. The van der Waals surface area contributed by atoms with Gasteiger partial charge in [0, 0.05) is 18.2 Å². The molecule has 0 unspecified atom stereocenters. The van der Waals surface area contributed by atoms with Gasteiger partial charge in [-0.05, 0) is 35.7 Å². The number of amidine groups is 1. The third kappa shape index (κ3) is 5.59. The van der Waals surface area contributed by atoms with Crippen molar-refractivity contribution in [1.82, 2.24) is 5.01 Å². The highest BCUT2D eigenvalue weighted by Crippen LogP contribution is 2.39. The number of methoxy groups -OCH3 is 2. The molecule has 33 heavy (non-hydrogen) atoms. The molecule has 2 N–H and O–H groups in total. The number of nitrogens with zero attached hydrogens (tertiary/aromatic N) is 3. The van der Waals surface area contributed by atoms with Crippen molar-refractivity contribution in [2.24, 2.45) is 15.4 Å². The van der Waals surface area contributed by atoms with E-state index < -0.39 is 17.3 Å². The van der Waals surface area contributed by atoms with Crippen molar-refractivity contribution >= 4 is 41.0 Å². The van der Waals surface area contributed by atoms with Gasteiger partial charge in [0.2, 0.25) is 0 Å². The lowest BCUT2D eigenvalue weighted by Gasteiger charge is -2.21. The van der Waals surface area contributed by atoms with Gasteiger partial charge in [-0.3, -0.25) is 0 Å². The molecular formula is C20H23BClN3O7S. The number of ether oxygens (including phenoxy) is 2. The van der Waals surface area contributed by atoms with Crippen LogP contribution in [0.4, 0.5) is 0 Å². The molecule has 0 amide bonds. The number of sulfonamides is 1. The van der Waals surface area contributed by atoms with Crippen LogP contribution in [0.3, 0.4) is 0 Å². The van der Waals surface area contributed by atoms with E-state index >= 15 is 0 Å². The highest BCUT2D eigenvalue weighted by molar-refractivity contribution is 7.90. The second-order valence-corrected chi connectivity index (χ2v) is 9.40. The maximum absolute atomic E-state index is 12.8. The summed E-state index contributed by atoms with van der Waals surface area (Å²) in [5.74, 6) is 0.890. The molecule has 0 atom stereocenters. The molecule has 0 fully saturated rings. The summed E-state index contributed by atoms with van der Waals surface area (Å²) in [4.78, 5) is -0.0446. The molecule has 2 aromatic rings. The fourth-order valence-electron chi connectivity index (χ4n) is 3.15. The molecule has 0 bridgehead atoms. The van der Waals surface area contributed by atoms with Crippen molar-refractivity contribution in [3.8, 4) is 17.2 Å². The fourth-order valence-corrected chi connectivity index (χ4v) is 4.72. The molecule has 0 saturated heterocycles. The molecule has 0 radical (unpaired) electrons. The molecule has 176 valence electrons. The number of benzene rings is 2. The van der Waals surface area contributed by atoms with Crippen LogP contribution in [0.5, 0.6) is 17.2 Å². The monoisotopic (exact) mass is 495 g/mol.